The number of aliphatic hydroxyl groups excluding tert-OH is 1. The van der Waals surface area contributed by atoms with Gasteiger partial charge in [0.15, 0.2) is 0 Å². The van der Waals surface area contributed by atoms with Crippen molar-refractivity contribution < 1.29 is 28.4 Å². The molecule has 0 spiro atoms. The molecule has 3 unspecified atom stereocenters. The molecule has 0 rings (SSSR count). The van der Waals surface area contributed by atoms with Crippen LogP contribution in [0.1, 0.15) is 232 Å². The number of carbonyl (C=O) groups excluding carboxylic acids is 1. The van der Waals surface area contributed by atoms with E-state index in [1.807, 2.05) is 0 Å². The molecule has 0 aromatic rings. The van der Waals surface area contributed by atoms with Crippen LogP contribution in [0.2, 0.25) is 0 Å². The molecule has 5 N–H and O–H groups in total. The molecule has 0 saturated carbocycles. The van der Waals surface area contributed by atoms with Gasteiger partial charge in [-0.15, -0.1) is 0 Å². The van der Waals surface area contributed by atoms with E-state index in [-0.39, 0.29) is 25.7 Å². The fraction of sp³-hybridized carbons (Fsp3) is 0.891. The summed E-state index contributed by atoms with van der Waals surface area (Å²) >= 11 is 0. The normalized spacial score (nSPS) is 14.2. The monoisotopic (exact) mass is 799 g/mol. The van der Waals surface area contributed by atoms with Gasteiger partial charge < -0.3 is 21.1 Å². The zero-order valence-electron chi connectivity index (χ0n) is 36.2. The molecule has 0 radical (unpaired) electrons. The summed E-state index contributed by atoms with van der Waals surface area (Å²) in [5, 5.41) is 13.8. The van der Waals surface area contributed by atoms with Crippen molar-refractivity contribution in [3.63, 3.8) is 0 Å². The van der Waals surface area contributed by atoms with E-state index in [0.717, 1.165) is 44.9 Å². The molecule has 0 aliphatic carbocycles. The van der Waals surface area contributed by atoms with Gasteiger partial charge in [0.1, 0.15) is 0 Å². The molecule has 0 aromatic carbocycles. The summed E-state index contributed by atoms with van der Waals surface area (Å²) in [5.74, 6) is -0.163. The number of phosphoric acid groups is 1. The van der Waals surface area contributed by atoms with E-state index in [9.17, 15) is 19.4 Å². The number of carbonyl (C=O) groups is 1. The lowest BCUT2D eigenvalue weighted by atomic mass is 10.0. The van der Waals surface area contributed by atoms with Crippen LogP contribution < -0.4 is 11.1 Å². The van der Waals surface area contributed by atoms with Crippen molar-refractivity contribution in [3.8, 4) is 0 Å². The molecule has 0 bridgehead atoms. The number of nitrogens with two attached hydrogens (primary N) is 1. The summed E-state index contributed by atoms with van der Waals surface area (Å²) < 4.78 is 22.2. The molecular formula is C46H91N2O6P. The summed E-state index contributed by atoms with van der Waals surface area (Å²) in [7, 11) is -4.31. The summed E-state index contributed by atoms with van der Waals surface area (Å²) in [6, 6.07) is -0.773. The Bertz CT molecular complexity index is 917. The van der Waals surface area contributed by atoms with Crippen LogP contribution in [0.25, 0.3) is 0 Å². The highest BCUT2D eigenvalue weighted by atomic mass is 31.2. The van der Waals surface area contributed by atoms with E-state index in [1.165, 1.54) is 161 Å². The summed E-state index contributed by atoms with van der Waals surface area (Å²) in [6.45, 7) is 4.21. The Labute approximate surface area is 340 Å². The van der Waals surface area contributed by atoms with Gasteiger partial charge >= 0.3 is 7.82 Å². The number of rotatable bonds is 44. The van der Waals surface area contributed by atoms with E-state index in [2.05, 4.69) is 43.5 Å². The maximum Gasteiger partial charge on any atom is 0.472 e. The van der Waals surface area contributed by atoms with Crippen LogP contribution in [0.3, 0.4) is 0 Å². The van der Waals surface area contributed by atoms with Gasteiger partial charge in [-0.05, 0) is 44.9 Å². The Kier molecular flexibility index (Phi) is 41.8. The molecule has 0 fully saturated rings. The minimum Gasteiger partial charge on any atom is -0.391 e. The van der Waals surface area contributed by atoms with E-state index in [1.54, 1.807) is 0 Å². The third-order valence-corrected chi connectivity index (χ3v) is 11.5. The van der Waals surface area contributed by atoms with Crippen LogP contribution in [0.15, 0.2) is 24.3 Å². The maximum absolute atomic E-state index is 12.8. The predicted molar refractivity (Wildman–Crippen MR) is 235 cm³/mol. The Morgan fingerprint density at radius 3 is 1.44 bits per heavy atom. The molecule has 55 heavy (non-hydrogen) atoms. The van der Waals surface area contributed by atoms with Crippen LogP contribution in [-0.4, -0.2) is 47.8 Å². The van der Waals surface area contributed by atoms with Gasteiger partial charge in [-0.25, -0.2) is 4.57 Å². The van der Waals surface area contributed by atoms with Gasteiger partial charge in [-0.1, -0.05) is 205 Å². The molecule has 0 aliphatic rings. The SMILES string of the molecule is CCCCCCC/C=C\C/C=C\CCCCCCCCCCCCCC(=O)NC(COP(=O)(O)OCCN)C(O)CCCCCCCCCCCCCCC. The van der Waals surface area contributed by atoms with Crippen LogP contribution >= 0.6 is 7.82 Å². The third kappa shape index (κ3) is 41.0. The first kappa shape index (κ1) is 54.0. The number of phosphoric ester groups is 1. The van der Waals surface area contributed by atoms with Crippen molar-refractivity contribution in [2.45, 2.75) is 244 Å². The first-order valence-corrected chi connectivity index (χ1v) is 24.9. The molecule has 0 saturated heterocycles. The molecular weight excluding hydrogens is 707 g/mol. The second kappa shape index (κ2) is 42.6. The average Bonchev–Trinajstić information content (AvgIpc) is 3.17. The zero-order chi connectivity index (χ0) is 40.3. The first-order chi connectivity index (χ1) is 26.9. The van der Waals surface area contributed by atoms with Crippen molar-refractivity contribution in [1.29, 1.82) is 0 Å². The number of hydrogen-bond donors (Lipinski definition) is 4. The van der Waals surface area contributed by atoms with E-state index < -0.39 is 20.0 Å². The molecule has 9 heteroatoms. The van der Waals surface area contributed by atoms with E-state index in [0.29, 0.717) is 12.8 Å². The van der Waals surface area contributed by atoms with Gasteiger partial charge in [0.05, 0.1) is 25.4 Å². The smallest absolute Gasteiger partial charge is 0.391 e. The summed E-state index contributed by atoms with van der Waals surface area (Å²) in [5.41, 5.74) is 5.38. The number of aliphatic hydroxyl groups is 1. The second-order valence-electron chi connectivity index (χ2n) is 16.0. The lowest BCUT2D eigenvalue weighted by Gasteiger charge is -2.25. The Morgan fingerprint density at radius 2 is 1.00 bits per heavy atom. The number of unbranched alkanes of at least 4 members (excludes halogenated alkanes) is 28. The molecule has 1 amide bonds. The molecule has 326 valence electrons. The second-order valence-corrected chi connectivity index (χ2v) is 17.4. The van der Waals surface area contributed by atoms with Crippen LogP contribution in [-0.2, 0) is 18.4 Å². The highest BCUT2D eigenvalue weighted by Crippen LogP contribution is 2.43. The molecule has 0 aromatic heterocycles. The minimum absolute atomic E-state index is 0.0893. The van der Waals surface area contributed by atoms with E-state index in [4.69, 9.17) is 14.8 Å². The lowest BCUT2D eigenvalue weighted by Crippen LogP contribution is -2.46. The van der Waals surface area contributed by atoms with Gasteiger partial charge in [-0.3, -0.25) is 13.8 Å². The minimum atomic E-state index is -4.31. The third-order valence-electron chi connectivity index (χ3n) is 10.6. The molecule has 0 aliphatic heterocycles. The van der Waals surface area contributed by atoms with Crippen molar-refractivity contribution in [3.05, 3.63) is 24.3 Å². The number of nitrogens with one attached hydrogen (secondary N) is 1. The van der Waals surface area contributed by atoms with Crippen molar-refractivity contribution >= 4 is 13.7 Å². The number of amides is 1. The number of hydrogen-bond acceptors (Lipinski definition) is 6. The Morgan fingerprint density at radius 1 is 0.600 bits per heavy atom. The first-order valence-electron chi connectivity index (χ1n) is 23.5. The van der Waals surface area contributed by atoms with Crippen LogP contribution in [0.5, 0.6) is 0 Å². The largest absolute Gasteiger partial charge is 0.472 e. The quantitative estimate of drug-likeness (QED) is 0.0274. The summed E-state index contributed by atoms with van der Waals surface area (Å²) in [6.07, 6.45) is 49.0. The molecule has 0 heterocycles. The van der Waals surface area contributed by atoms with Gasteiger partial charge in [0.25, 0.3) is 0 Å². The Hall–Kier alpha value is -1.02. The fourth-order valence-corrected chi connectivity index (χ4v) is 7.75. The van der Waals surface area contributed by atoms with Crippen LogP contribution in [0, 0.1) is 0 Å². The van der Waals surface area contributed by atoms with Crippen molar-refractivity contribution in [1.82, 2.24) is 5.32 Å². The van der Waals surface area contributed by atoms with E-state index >= 15 is 0 Å². The van der Waals surface area contributed by atoms with Crippen LogP contribution in [0.4, 0.5) is 0 Å². The summed E-state index contributed by atoms with van der Waals surface area (Å²) in [4.78, 5) is 22.8. The predicted octanol–water partition coefficient (Wildman–Crippen LogP) is 13.3. The topological polar surface area (TPSA) is 131 Å². The van der Waals surface area contributed by atoms with Crippen molar-refractivity contribution in [2.24, 2.45) is 5.73 Å². The van der Waals surface area contributed by atoms with Gasteiger partial charge in [0, 0.05) is 13.0 Å². The maximum atomic E-state index is 12.8. The van der Waals surface area contributed by atoms with Crippen molar-refractivity contribution in [2.75, 3.05) is 19.8 Å². The average molecular weight is 799 g/mol. The van der Waals surface area contributed by atoms with Gasteiger partial charge in [-0.2, -0.15) is 0 Å². The van der Waals surface area contributed by atoms with Gasteiger partial charge in [0.2, 0.25) is 5.91 Å². The standard InChI is InChI=1S/C46H91N2O6P/c1-3-5-7-9-11-13-15-17-18-19-20-21-22-23-24-25-26-28-30-32-34-36-38-40-46(50)48-44(43-54-55(51,52)53-42-41-47)45(49)39-37-35-33-31-29-27-16-14-12-10-8-6-4-2/h15,17,19-20,44-45,49H,3-14,16,18,21-43,47H2,1-2H3,(H,48,50)(H,51,52)/b17-15-,20-19-. The fourth-order valence-electron chi connectivity index (χ4n) is 6.99. The highest BCUT2D eigenvalue weighted by molar-refractivity contribution is 7.47. The lowest BCUT2D eigenvalue weighted by molar-refractivity contribution is -0.123. The number of allylic oxidation sites excluding steroid dienone is 4. The molecule has 3 atom stereocenters. The highest BCUT2D eigenvalue weighted by Gasteiger charge is 2.27. The zero-order valence-corrected chi connectivity index (χ0v) is 37.1. The Balaban J connectivity index is 4.04. The molecule has 8 nitrogen and oxygen atoms in total.